The Kier molecular flexibility index (Phi) is 4.00. The molecule has 26 heavy (non-hydrogen) atoms. The number of carbonyl (C=O) groups is 1. The Hall–Kier alpha value is -3.07. The molecule has 3 nitrogen and oxygen atoms in total. The Bertz CT molecular complexity index is 1120. The topological polar surface area (TPSA) is 34.0 Å². The molecule has 0 fully saturated rings. The summed E-state index contributed by atoms with van der Waals surface area (Å²) in [4.78, 5) is 12.8. The molecule has 130 valence electrons. The highest BCUT2D eigenvalue weighted by molar-refractivity contribution is 6.11. The van der Waals surface area contributed by atoms with Gasteiger partial charge in [0.2, 0.25) is 0 Å². The Morgan fingerprint density at radius 1 is 0.885 bits per heavy atom. The van der Waals surface area contributed by atoms with Crippen LogP contribution in [0.15, 0.2) is 60.7 Å². The van der Waals surface area contributed by atoms with Crippen LogP contribution in [-0.2, 0) is 6.54 Å². The minimum atomic E-state index is -0.0563. The van der Waals surface area contributed by atoms with E-state index < -0.39 is 0 Å². The zero-order valence-corrected chi connectivity index (χ0v) is 15.3. The van der Waals surface area contributed by atoms with Crippen LogP contribution in [0.1, 0.15) is 28.4 Å². The number of carbonyl (C=O) groups excluding carboxylic acids is 1. The molecule has 0 radical (unpaired) electrons. The van der Waals surface area contributed by atoms with Crippen LogP contribution in [0.25, 0.3) is 21.8 Å². The summed E-state index contributed by atoms with van der Waals surface area (Å²) in [5.74, 6) is -0.0563. The zero-order chi connectivity index (χ0) is 18.3. The summed E-state index contributed by atoms with van der Waals surface area (Å²) >= 11 is 0. The van der Waals surface area contributed by atoms with E-state index in [9.17, 15) is 4.79 Å². The van der Waals surface area contributed by atoms with E-state index in [0.29, 0.717) is 0 Å². The predicted octanol–water partition coefficient (Wildman–Crippen LogP) is 5.68. The van der Waals surface area contributed by atoms with E-state index >= 15 is 0 Å². The molecule has 0 unspecified atom stereocenters. The van der Waals surface area contributed by atoms with Crippen LogP contribution in [0, 0.1) is 13.8 Å². The highest BCUT2D eigenvalue weighted by atomic mass is 16.1. The number of aromatic nitrogens is 1. The van der Waals surface area contributed by atoms with Crippen molar-refractivity contribution >= 4 is 33.4 Å². The number of nitrogens with one attached hydrogen (secondary N) is 1. The zero-order valence-electron chi connectivity index (χ0n) is 15.3. The fourth-order valence-corrected chi connectivity index (χ4v) is 3.84. The van der Waals surface area contributed by atoms with Crippen LogP contribution in [-0.4, -0.2) is 10.5 Å². The third-order valence-corrected chi connectivity index (χ3v) is 5.05. The molecular formula is C23H22N2O. The van der Waals surface area contributed by atoms with Gasteiger partial charge in [-0.15, -0.1) is 0 Å². The number of amides is 1. The van der Waals surface area contributed by atoms with Gasteiger partial charge in [0.25, 0.3) is 5.91 Å². The number of fused-ring (bicyclic) bond motifs is 3. The van der Waals surface area contributed by atoms with Crippen molar-refractivity contribution in [3.63, 3.8) is 0 Å². The first-order chi connectivity index (χ1) is 12.6. The van der Waals surface area contributed by atoms with Crippen LogP contribution < -0.4 is 5.32 Å². The van der Waals surface area contributed by atoms with Crippen LogP contribution in [0.5, 0.6) is 0 Å². The SMILES string of the molecule is CCn1c2ccccc2c2cc(NC(=O)c3c(C)cccc3C)ccc21. The van der Waals surface area contributed by atoms with Crippen molar-refractivity contribution in [3.8, 4) is 0 Å². The number of benzene rings is 3. The summed E-state index contributed by atoms with van der Waals surface area (Å²) in [6.45, 7) is 7.01. The lowest BCUT2D eigenvalue weighted by Crippen LogP contribution is -2.14. The summed E-state index contributed by atoms with van der Waals surface area (Å²) in [6.07, 6.45) is 0. The number of hydrogen-bond donors (Lipinski definition) is 1. The average Bonchev–Trinajstić information content (AvgIpc) is 2.95. The molecule has 0 bridgehead atoms. The highest BCUT2D eigenvalue weighted by Gasteiger charge is 2.14. The molecule has 1 amide bonds. The fraction of sp³-hybridized carbons (Fsp3) is 0.174. The Labute approximate surface area is 153 Å². The summed E-state index contributed by atoms with van der Waals surface area (Å²) in [5, 5.41) is 5.46. The van der Waals surface area contributed by atoms with Crippen LogP contribution >= 0.6 is 0 Å². The van der Waals surface area contributed by atoms with Crippen LogP contribution in [0.3, 0.4) is 0 Å². The molecule has 0 spiro atoms. The largest absolute Gasteiger partial charge is 0.341 e. The van der Waals surface area contributed by atoms with Gasteiger partial charge in [-0.3, -0.25) is 4.79 Å². The number of nitrogens with zero attached hydrogens (tertiary/aromatic N) is 1. The molecule has 3 heteroatoms. The summed E-state index contributed by atoms with van der Waals surface area (Å²) in [5.41, 5.74) is 5.98. The number of hydrogen-bond acceptors (Lipinski definition) is 1. The van der Waals surface area contributed by atoms with Crippen molar-refractivity contribution in [1.82, 2.24) is 4.57 Å². The van der Waals surface area contributed by atoms with Crippen molar-refractivity contribution in [2.75, 3.05) is 5.32 Å². The van der Waals surface area contributed by atoms with E-state index in [4.69, 9.17) is 0 Å². The molecule has 4 aromatic rings. The van der Waals surface area contributed by atoms with Gasteiger partial charge in [-0.1, -0.05) is 36.4 Å². The number of para-hydroxylation sites is 1. The molecule has 4 rings (SSSR count). The molecule has 0 saturated heterocycles. The first kappa shape index (κ1) is 16.4. The van der Waals surface area contributed by atoms with Gasteiger partial charge in [0.1, 0.15) is 0 Å². The number of anilines is 1. The third-order valence-electron chi connectivity index (χ3n) is 5.05. The van der Waals surface area contributed by atoms with E-state index in [-0.39, 0.29) is 5.91 Å². The molecule has 1 heterocycles. The standard InChI is InChI=1S/C23H22N2O/c1-4-25-20-11-6-5-10-18(20)19-14-17(12-13-21(19)25)24-23(26)22-15(2)8-7-9-16(22)3/h5-14H,4H2,1-3H3,(H,24,26). The van der Waals surface area contributed by atoms with Gasteiger partial charge >= 0.3 is 0 Å². The second-order valence-electron chi connectivity index (χ2n) is 6.71. The second kappa shape index (κ2) is 6.34. The summed E-state index contributed by atoms with van der Waals surface area (Å²) in [7, 11) is 0. The van der Waals surface area contributed by atoms with Crippen molar-refractivity contribution < 1.29 is 4.79 Å². The van der Waals surface area contributed by atoms with Gasteiger partial charge in [-0.25, -0.2) is 0 Å². The van der Waals surface area contributed by atoms with E-state index in [1.807, 2.05) is 38.1 Å². The molecule has 1 aromatic heterocycles. The average molecular weight is 342 g/mol. The molecule has 0 aliphatic carbocycles. The second-order valence-corrected chi connectivity index (χ2v) is 6.71. The lowest BCUT2D eigenvalue weighted by molar-refractivity contribution is 0.102. The van der Waals surface area contributed by atoms with Gasteiger partial charge in [0, 0.05) is 39.6 Å². The maximum absolute atomic E-state index is 12.8. The lowest BCUT2D eigenvalue weighted by atomic mass is 10.0. The van der Waals surface area contributed by atoms with Crippen molar-refractivity contribution in [2.45, 2.75) is 27.3 Å². The number of rotatable bonds is 3. The van der Waals surface area contributed by atoms with E-state index in [2.05, 4.69) is 53.2 Å². The first-order valence-electron chi connectivity index (χ1n) is 8.98. The molecule has 0 atom stereocenters. The molecule has 0 aliphatic rings. The summed E-state index contributed by atoms with van der Waals surface area (Å²) in [6, 6.07) is 20.5. The third kappa shape index (κ3) is 2.57. The van der Waals surface area contributed by atoms with Gasteiger partial charge in [-0.2, -0.15) is 0 Å². The minimum absolute atomic E-state index is 0.0563. The smallest absolute Gasteiger partial charge is 0.256 e. The maximum atomic E-state index is 12.8. The van der Waals surface area contributed by atoms with Crippen molar-refractivity contribution in [3.05, 3.63) is 77.4 Å². The van der Waals surface area contributed by atoms with Gasteiger partial charge in [0.15, 0.2) is 0 Å². The molecule has 3 aromatic carbocycles. The quantitative estimate of drug-likeness (QED) is 0.510. The van der Waals surface area contributed by atoms with Crippen molar-refractivity contribution in [1.29, 1.82) is 0 Å². The van der Waals surface area contributed by atoms with Gasteiger partial charge in [0.05, 0.1) is 0 Å². The lowest BCUT2D eigenvalue weighted by Gasteiger charge is -2.11. The maximum Gasteiger partial charge on any atom is 0.256 e. The minimum Gasteiger partial charge on any atom is -0.341 e. The highest BCUT2D eigenvalue weighted by Crippen LogP contribution is 2.31. The van der Waals surface area contributed by atoms with Gasteiger partial charge in [-0.05, 0) is 56.2 Å². The van der Waals surface area contributed by atoms with E-state index in [1.165, 1.54) is 21.8 Å². The van der Waals surface area contributed by atoms with Crippen LogP contribution in [0.4, 0.5) is 5.69 Å². The molecular weight excluding hydrogens is 320 g/mol. The monoisotopic (exact) mass is 342 g/mol. The van der Waals surface area contributed by atoms with E-state index in [0.717, 1.165) is 28.9 Å². The Balaban J connectivity index is 1.79. The predicted molar refractivity (Wildman–Crippen MR) is 109 cm³/mol. The van der Waals surface area contributed by atoms with Gasteiger partial charge < -0.3 is 9.88 Å². The first-order valence-corrected chi connectivity index (χ1v) is 8.98. The molecule has 0 saturated carbocycles. The number of aryl methyl sites for hydroxylation is 3. The molecule has 1 N–H and O–H groups in total. The fourth-order valence-electron chi connectivity index (χ4n) is 3.84. The van der Waals surface area contributed by atoms with Crippen LogP contribution in [0.2, 0.25) is 0 Å². The summed E-state index contributed by atoms with van der Waals surface area (Å²) < 4.78 is 2.31. The van der Waals surface area contributed by atoms with Crippen molar-refractivity contribution in [2.24, 2.45) is 0 Å². The Morgan fingerprint density at radius 3 is 2.31 bits per heavy atom. The molecule has 0 aliphatic heterocycles. The van der Waals surface area contributed by atoms with E-state index in [1.54, 1.807) is 0 Å². The Morgan fingerprint density at radius 2 is 1.58 bits per heavy atom. The normalized spacial score (nSPS) is 11.2.